The molecule has 5 aliphatic carbocycles. The van der Waals surface area contributed by atoms with Crippen LogP contribution in [0.4, 0.5) is 0 Å². The van der Waals surface area contributed by atoms with Crippen LogP contribution in [0.15, 0.2) is 24.3 Å². The zero-order chi connectivity index (χ0) is 32.9. The molecule has 5 aliphatic rings. The highest BCUT2D eigenvalue weighted by molar-refractivity contribution is 5.90. The van der Waals surface area contributed by atoms with Gasteiger partial charge >= 0.3 is 11.9 Å². The van der Waals surface area contributed by atoms with Crippen molar-refractivity contribution in [1.82, 2.24) is 0 Å². The summed E-state index contributed by atoms with van der Waals surface area (Å²) in [6, 6.07) is 5.72. The number of Topliss-reactive ketones (excluding diaryl/α,β-unsaturated/α-hetero) is 1. The van der Waals surface area contributed by atoms with Crippen molar-refractivity contribution < 1.29 is 44.7 Å². The van der Waals surface area contributed by atoms with Crippen molar-refractivity contribution in [3.8, 4) is 5.75 Å². The smallest absolute Gasteiger partial charge is 0.338 e. The summed E-state index contributed by atoms with van der Waals surface area (Å²) >= 11 is 0. The number of hydrogen-bond donors (Lipinski definition) is 5. The Morgan fingerprint density at radius 1 is 0.844 bits per heavy atom. The molecule has 1 aromatic carbocycles. The number of carbonyl (C=O) groups excluding carboxylic acids is 2. The molecule has 9 heteroatoms. The first-order valence-corrected chi connectivity index (χ1v) is 16.7. The molecule has 9 nitrogen and oxygen atoms in total. The van der Waals surface area contributed by atoms with Gasteiger partial charge in [0.1, 0.15) is 23.4 Å². The first-order valence-electron chi connectivity index (χ1n) is 16.7. The number of ether oxygens (including phenoxy) is 1. The van der Waals surface area contributed by atoms with Crippen LogP contribution in [0.1, 0.15) is 96.3 Å². The summed E-state index contributed by atoms with van der Waals surface area (Å²) in [5.41, 5.74) is -3.42. The highest BCUT2D eigenvalue weighted by atomic mass is 16.5. The van der Waals surface area contributed by atoms with Gasteiger partial charge in [-0.25, -0.2) is 4.79 Å². The number of aliphatic hydroxyl groups is 3. The number of phenols is 1. The molecule has 5 N–H and O–H groups in total. The second kappa shape index (κ2) is 10.5. The summed E-state index contributed by atoms with van der Waals surface area (Å²) in [6.07, 6.45) is 2.15. The molecule has 0 aliphatic heterocycles. The molecular formula is C36H50O9. The maximum Gasteiger partial charge on any atom is 0.338 e. The predicted molar refractivity (Wildman–Crippen MR) is 164 cm³/mol. The molecule has 45 heavy (non-hydrogen) atoms. The molecule has 0 aromatic heterocycles. The Hall–Kier alpha value is -2.49. The fourth-order valence-corrected chi connectivity index (χ4v) is 12.3. The van der Waals surface area contributed by atoms with Gasteiger partial charge in [-0.3, -0.25) is 9.59 Å². The number of hydrogen-bond acceptors (Lipinski definition) is 8. The Morgan fingerprint density at radius 3 is 2.09 bits per heavy atom. The number of esters is 1. The molecule has 5 saturated carbocycles. The Morgan fingerprint density at radius 2 is 1.47 bits per heavy atom. The minimum Gasteiger partial charge on any atom is -0.508 e. The molecule has 0 amide bonds. The summed E-state index contributed by atoms with van der Waals surface area (Å²) in [6.45, 7) is 9.69. The lowest BCUT2D eigenvalue weighted by molar-refractivity contribution is -0.255. The van der Waals surface area contributed by atoms with Gasteiger partial charge in [-0.05, 0) is 117 Å². The van der Waals surface area contributed by atoms with E-state index >= 15 is 0 Å². The largest absolute Gasteiger partial charge is 0.508 e. The number of aliphatic hydroxyl groups excluding tert-OH is 3. The molecule has 0 bridgehead atoms. The standard InChI is InChI=1S/C36H50O9/c1-32-16-13-24(39)35(4,18-37)29(32)28(41)27(40)26-21(32)10-11-22-33(2)17-14-25(45-30(42)19-6-8-20(38)9-7-19)36(5,31(43)44)23(33)12-15-34(22,26)3/h6-9,21-27,29,37-40H,10-18H2,1-5H3,(H,43,44)/t21-,22+,23+,24+,25+,26-,27+,29+,32+,33+,34+,35-,36+/m0/s1. The van der Waals surface area contributed by atoms with E-state index in [1.165, 1.54) is 24.3 Å². The van der Waals surface area contributed by atoms with Gasteiger partial charge in [0.25, 0.3) is 0 Å². The van der Waals surface area contributed by atoms with Crippen molar-refractivity contribution in [2.24, 2.45) is 56.7 Å². The van der Waals surface area contributed by atoms with Crippen LogP contribution in [-0.4, -0.2) is 68.2 Å². The fourth-order valence-electron chi connectivity index (χ4n) is 12.3. The number of aromatic hydroxyl groups is 1. The molecule has 6 rings (SSSR count). The lowest BCUT2D eigenvalue weighted by atomic mass is 9.33. The van der Waals surface area contributed by atoms with Crippen LogP contribution in [0.2, 0.25) is 0 Å². The van der Waals surface area contributed by atoms with Crippen molar-refractivity contribution in [2.45, 2.75) is 104 Å². The first-order chi connectivity index (χ1) is 21.0. The SMILES string of the molecule is C[C@@]12CC[C@@H]3[C@](C)(CC[C@@H](OC(=O)c4ccc(O)cc4)[C@]3(C)C(=O)O)[C@H]1CC[C@H]1[C@H]2[C@@H](O)C(=O)[C@@H]2[C@]1(C)CC[C@@H](O)[C@]2(C)CO. The molecule has 0 unspecified atom stereocenters. The van der Waals surface area contributed by atoms with Crippen molar-refractivity contribution in [3.05, 3.63) is 29.8 Å². The van der Waals surface area contributed by atoms with Gasteiger partial charge in [0, 0.05) is 17.3 Å². The van der Waals surface area contributed by atoms with E-state index in [0.29, 0.717) is 38.5 Å². The third-order valence-corrected chi connectivity index (χ3v) is 14.6. The highest BCUT2D eigenvalue weighted by Crippen LogP contribution is 2.74. The average Bonchev–Trinajstić information content (AvgIpc) is 2.99. The zero-order valence-corrected chi connectivity index (χ0v) is 27.2. The van der Waals surface area contributed by atoms with Gasteiger partial charge in [-0.1, -0.05) is 27.7 Å². The number of ketones is 1. The van der Waals surface area contributed by atoms with Gasteiger partial charge < -0.3 is 30.3 Å². The van der Waals surface area contributed by atoms with E-state index in [1.54, 1.807) is 13.8 Å². The summed E-state index contributed by atoms with van der Waals surface area (Å²) in [5.74, 6) is -3.01. The number of carboxylic acids is 1. The lowest BCUT2D eigenvalue weighted by Gasteiger charge is -2.71. The van der Waals surface area contributed by atoms with Crippen molar-refractivity contribution in [1.29, 1.82) is 0 Å². The lowest BCUT2D eigenvalue weighted by Crippen LogP contribution is -2.71. The maximum absolute atomic E-state index is 14.2. The zero-order valence-electron chi connectivity index (χ0n) is 27.2. The number of rotatable bonds is 4. The van der Waals surface area contributed by atoms with E-state index in [0.717, 1.165) is 12.8 Å². The number of aliphatic carboxylic acids is 1. The molecule has 5 fully saturated rings. The number of benzene rings is 1. The first kappa shape index (κ1) is 32.5. The van der Waals surface area contributed by atoms with Gasteiger partial charge in [0.15, 0.2) is 5.78 Å². The van der Waals surface area contributed by atoms with E-state index in [-0.39, 0.29) is 47.4 Å². The Bertz CT molecular complexity index is 1380. The number of phenolic OH excluding ortho intramolecular Hbond substituents is 1. The van der Waals surface area contributed by atoms with Crippen LogP contribution in [0.3, 0.4) is 0 Å². The minimum absolute atomic E-state index is 0.0214. The molecule has 0 radical (unpaired) electrons. The second-order valence-electron chi connectivity index (χ2n) is 16.4. The van der Waals surface area contributed by atoms with Crippen LogP contribution in [-0.2, 0) is 14.3 Å². The van der Waals surface area contributed by atoms with Crippen molar-refractivity contribution in [3.63, 3.8) is 0 Å². The molecule has 248 valence electrons. The summed E-state index contributed by atoms with van der Waals surface area (Å²) < 4.78 is 5.95. The quantitative estimate of drug-likeness (QED) is 0.301. The second-order valence-corrected chi connectivity index (χ2v) is 16.4. The summed E-state index contributed by atoms with van der Waals surface area (Å²) in [4.78, 5) is 40.5. The molecule has 0 heterocycles. The number of fused-ring (bicyclic) bond motifs is 7. The third-order valence-electron chi connectivity index (χ3n) is 14.6. The third kappa shape index (κ3) is 4.25. The van der Waals surface area contributed by atoms with Crippen LogP contribution in [0.25, 0.3) is 0 Å². The number of carbonyl (C=O) groups is 3. The minimum atomic E-state index is -1.34. The molecule has 0 spiro atoms. The highest BCUT2D eigenvalue weighted by Gasteiger charge is 2.73. The maximum atomic E-state index is 14.2. The van der Waals surface area contributed by atoms with Gasteiger partial charge in [-0.15, -0.1) is 0 Å². The van der Waals surface area contributed by atoms with Crippen LogP contribution in [0.5, 0.6) is 5.75 Å². The molecule has 0 saturated heterocycles. The van der Waals surface area contributed by atoms with Gasteiger partial charge in [0.05, 0.1) is 18.3 Å². The molecular weight excluding hydrogens is 576 g/mol. The number of carboxylic acid groups (broad SMARTS) is 1. The van der Waals surface area contributed by atoms with Gasteiger partial charge in [0.2, 0.25) is 0 Å². The Kier molecular flexibility index (Phi) is 7.58. The van der Waals surface area contributed by atoms with Crippen LogP contribution >= 0.6 is 0 Å². The van der Waals surface area contributed by atoms with Crippen LogP contribution < -0.4 is 0 Å². The molecule has 13 atom stereocenters. The van der Waals surface area contributed by atoms with E-state index in [2.05, 4.69) is 20.8 Å². The van der Waals surface area contributed by atoms with E-state index in [4.69, 9.17) is 4.74 Å². The van der Waals surface area contributed by atoms with E-state index < -0.39 is 63.2 Å². The van der Waals surface area contributed by atoms with Crippen molar-refractivity contribution in [2.75, 3.05) is 6.61 Å². The summed E-state index contributed by atoms with van der Waals surface area (Å²) in [7, 11) is 0. The molecule has 1 aromatic rings. The van der Waals surface area contributed by atoms with Crippen molar-refractivity contribution >= 4 is 17.7 Å². The topological polar surface area (TPSA) is 162 Å². The van der Waals surface area contributed by atoms with Gasteiger partial charge in [-0.2, -0.15) is 0 Å². The average molecular weight is 627 g/mol. The fraction of sp³-hybridized carbons (Fsp3) is 0.750. The van der Waals surface area contributed by atoms with Crippen LogP contribution in [0, 0.1) is 56.7 Å². The Balaban J connectivity index is 1.33. The van der Waals surface area contributed by atoms with E-state index in [1.807, 2.05) is 0 Å². The van der Waals surface area contributed by atoms with E-state index in [9.17, 15) is 39.9 Å². The monoisotopic (exact) mass is 626 g/mol. The normalized spacial score (nSPS) is 49.1. The Labute approximate surface area is 265 Å². The summed E-state index contributed by atoms with van der Waals surface area (Å²) in [5, 5.41) is 53.7. The predicted octanol–water partition coefficient (Wildman–Crippen LogP) is 4.59.